The van der Waals surface area contributed by atoms with Crippen LogP contribution in [-0.4, -0.2) is 4.98 Å². The van der Waals surface area contributed by atoms with Gasteiger partial charge in [0.15, 0.2) is 5.13 Å². The molecule has 3 rings (SSSR count). The zero-order valence-electron chi connectivity index (χ0n) is 10.8. The summed E-state index contributed by atoms with van der Waals surface area (Å²) in [5.74, 6) is 0.226. The fourth-order valence-corrected chi connectivity index (χ4v) is 3.12. The molecule has 1 aliphatic rings. The molecule has 5 nitrogen and oxygen atoms in total. The Morgan fingerprint density at radius 1 is 1.30 bits per heavy atom. The molecule has 0 radical (unpaired) electrons. The third-order valence-corrected chi connectivity index (χ3v) is 4.12. The number of thiazole rings is 1. The van der Waals surface area contributed by atoms with E-state index in [2.05, 4.69) is 11.1 Å². The molecule has 0 aliphatic carbocycles. The highest BCUT2D eigenvalue weighted by molar-refractivity contribution is 7.15. The predicted octanol–water partition coefficient (Wildman–Crippen LogP) is 2.25. The van der Waals surface area contributed by atoms with Crippen molar-refractivity contribution in [2.75, 3.05) is 5.73 Å². The summed E-state index contributed by atoms with van der Waals surface area (Å²) in [6.07, 6.45) is 0. The number of rotatable bonds is 1. The molecule has 1 aliphatic heterocycles. The number of hydrogen-bond acceptors (Lipinski definition) is 6. The Morgan fingerprint density at radius 2 is 2.00 bits per heavy atom. The van der Waals surface area contributed by atoms with E-state index in [4.69, 9.17) is 16.2 Å². The van der Waals surface area contributed by atoms with E-state index in [0.717, 1.165) is 16.0 Å². The first-order chi connectivity index (χ1) is 9.60. The molecule has 1 atom stereocenters. The molecule has 2 heterocycles. The van der Waals surface area contributed by atoms with Gasteiger partial charge in [-0.25, -0.2) is 0 Å². The van der Waals surface area contributed by atoms with Crippen LogP contribution in [0.25, 0.3) is 0 Å². The highest BCUT2D eigenvalue weighted by Gasteiger charge is 2.33. The number of ether oxygens (including phenoxy) is 1. The minimum Gasteiger partial charge on any atom is -0.421 e. The highest BCUT2D eigenvalue weighted by Crippen LogP contribution is 2.45. The van der Waals surface area contributed by atoms with Crippen molar-refractivity contribution in [3.8, 4) is 11.9 Å². The molecular weight excluding hydrogens is 272 g/mol. The Hall–Kier alpha value is -2.52. The zero-order chi connectivity index (χ0) is 14.3. The fraction of sp³-hybridized carbons (Fsp3) is 0.143. The van der Waals surface area contributed by atoms with Gasteiger partial charge in [-0.05, 0) is 12.5 Å². The van der Waals surface area contributed by atoms with Crippen LogP contribution >= 0.6 is 11.3 Å². The van der Waals surface area contributed by atoms with Crippen molar-refractivity contribution in [1.82, 2.24) is 4.98 Å². The first-order valence-corrected chi connectivity index (χ1v) is 6.82. The monoisotopic (exact) mass is 284 g/mol. The number of nitrogen functional groups attached to an aromatic ring is 1. The average molecular weight is 284 g/mol. The van der Waals surface area contributed by atoms with Gasteiger partial charge in [0.05, 0.1) is 10.8 Å². The van der Waals surface area contributed by atoms with Crippen molar-refractivity contribution in [3.05, 3.63) is 51.7 Å². The van der Waals surface area contributed by atoms with Gasteiger partial charge in [-0.15, -0.1) is 0 Å². The summed E-state index contributed by atoms with van der Waals surface area (Å²) in [7, 11) is 0. The maximum atomic E-state index is 9.37. The number of aromatic nitrogens is 1. The Balaban J connectivity index is 2.19. The molecule has 0 bridgehead atoms. The van der Waals surface area contributed by atoms with Crippen LogP contribution in [0.4, 0.5) is 5.13 Å². The van der Waals surface area contributed by atoms with E-state index in [9.17, 15) is 5.26 Å². The lowest BCUT2D eigenvalue weighted by Gasteiger charge is -2.22. The van der Waals surface area contributed by atoms with Crippen LogP contribution in [0, 0.1) is 18.3 Å². The predicted molar refractivity (Wildman–Crippen MR) is 77.0 cm³/mol. The van der Waals surface area contributed by atoms with Gasteiger partial charge in [-0.2, -0.15) is 10.2 Å². The molecule has 4 N–H and O–H groups in total. The normalized spacial score (nSPS) is 17.3. The van der Waals surface area contributed by atoms with Gasteiger partial charge in [0.2, 0.25) is 11.8 Å². The number of aryl methyl sites for hydroxylation is 1. The molecule has 0 amide bonds. The zero-order valence-corrected chi connectivity index (χ0v) is 11.6. The Labute approximate surface area is 120 Å². The fourth-order valence-electron chi connectivity index (χ4n) is 2.22. The van der Waals surface area contributed by atoms with Crippen molar-refractivity contribution < 1.29 is 4.74 Å². The van der Waals surface area contributed by atoms with Gasteiger partial charge in [0, 0.05) is 0 Å². The standard InChI is InChI=1S/C14H12N4OS/c1-7-2-4-8(5-3-7)10-9(6-15)12(16)19-13-11(10)20-14(17)18-13/h2-5,10H,16H2,1H3,(H2,17,18)/t10-/m0/s1. The molecule has 0 saturated carbocycles. The first-order valence-electron chi connectivity index (χ1n) is 6.00. The second kappa shape index (κ2) is 4.54. The van der Waals surface area contributed by atoms with Crippen LogP contribution < -0.4 is 16.2 Å². The second-order valence-corrected chi connectivity index (χ2v) is 5.62. The molecular formula is C14H12N4OS. The first kappa shape index (κ1) is 12.5. The van der Waals surface area contributed by atoms with E-state index in [1.54, 1.807) is 0 Å². The molecule has 2 aromatic rings. The summed E-state index contributed by atoms with van der Waals surface area (Å²) < 4.78 is 5.39. The number of nitrogens with two attached hydrogens (primary N) is 2. The number of nitrogens with zero attached hydrogens (tertiary/aromatic N) is 2. The van der Waals surface area contributed by atoms with Crippen molar-refractivity contribution in [1.29, 1.82) is 5.26 Å². The smallest absolute Gasteiger partial charge is 0.238 e. The van der Waals surface area contributed by atoms with Gasteiger partial charge in [-0.1, -0.05) is 41.2 Å². The number of allylic oxidation sites excluding steroid dienone is 1. The molecule has 100 valence electrons. The Bertz CT molecular complexity index is 740. The number of nitriles is 1. The number of hydrogen-bond donors (Lipinski definition) is 2. The molecule has 0 unspecified atom stereocenters. The van der Waals surface area contributed by atoms with Crippen LogP contribution in [-0.2, 0) is 0 Å². The van der Waals surface area contributed by atoms with E-state index in [-0.39, 0.29) is 11.8 Å². The summed E-state index contributed by atoms with van der Waals surface area (Å²) in [6, 6.07) is 10.1. The van der Waals surface area contributed by atoms with E-state index >= 15 is 0 Å². The van der Waals surface area contributed by atoms with Crippen LogP contribution in [0.3, 0.4) is 0 Å². The Morgan fingerprint density at radius 3 is 2.65 bits per heavy atom. The van der Waals surface area contributed by atoms with Gasteiger partial charge in [0.25, 0.3) is 0 Å². The van der Waals surface area contributed by atoms with Crippen LogP contribution in [0.5, 0.6) is 5.88 Å². The average Bonchev–Trinajstić information content (AvgIpc) is 2.78. The lowest BCUT2D eigenvalue weighted by atomic mass is 9.89. The van der Waals surface area contributed by atoms with E-state index in [0.29, 0.717) is 16.6 Å². The van der Waals surface area contributed by atoms with E-state index in [1.807, 2.05) is 31.2 Å². The minimum atomic E-state index is -0.265. The van der Waals surface area contributed by atoms with Crippen molar-refractivity contribution >= 4 is 16.5 Å². The SMILES string of the molecule is Cc1ccc([C@H]2C(C#N)=C(N)Oc3nc(N)sc32)cc1. The van der Waals surface area contributed by atoms with Gasteiger partial charge in [-0.3, -0.25) is 0 Å². The molecule has 20 heavy (non-hydrogen) atoms. The third-order valence-electron chi connectivity index (χ3n) is 3.19. The topological polar surface area (TPSA) is 98.0 Å². The van der Waals surface area contributed by atoms with Crippen molar-refractivity contribution in [3.63, 3.8) is 0 Å². The number of anilines is 1. The van der Waals surface area contributed by atoms with Crippen LogP contribution in [0.1, 0.15) is 21.9 Å². The Kier molecular flexibility index (Phi) is 2.84. The molecule has 1 aromatic carbocycles. The molecule has 1 aromatic heterocycles. The molecule has 0 spiro atoms. The maximum Gasteiger partial charge on any atom is 0.238 e. The van der Waals surface area contributed by atoms with Crippen LogP contribution in [0.2, 0.25) is 0 Å². The lowest BCUT2D eigenvalue weighted by molar-refractivity contribution is 0.383. The second-order valence-electron chi connectivity index (χ2n) is 4.56. The maximum absolute atomic E-state index is 9.37. The number of fused-ring (bicyclic) bond motifs is 1. The molecule has 0 fully saturated rings. The molecule has 0 saturated heterocycles. The van der Waals surface area contributed by atoms with Gasteiger partial charge < -0.3 is 16.2 Å². The van der Waals surface area contributed by atoms with Gasteiger partial charge >= 0.3 is 0 Å². The quantitative estimate of drug-likeness (QED) is 0.837. The highest BCUT2D eigenvalue weighted by atomic mass is 32.1. The largest absolute Gasteiger partial charge is 0.421 e. The van der Waals surface area contributed by atoms with Gasteiger partial charge in [0.1, 0.15) is 11.6 Å². The molecule has 6 heteroatoms. The lowest BCUT2D eigenvalue weighted by Crippen LogP contribution is -2.20. The van der Waals surface area contributed by atoms with Crippen LogP contribution in [0.15, 0.2) is 35.7 Å². The minimum absolute atomic E-state index is 0.0934. The number of benzene rings is 1. The summed E-state index contributed by atoms with van der Waals surface area (Å²) in [6.45, 7) is 2.01. The van der Waals surface area contributed by atoms with E-state index in [1.165, 1.54) is 11.3 Å². The van der Waals surface area contributed by atoms with Crippen molar-refractivity contribution in [2.24, 2.45) is 5.73 Å². The van der Waals surface area contributed by atoms with E-state index < -0.39 is 0 Å². The summed E-state index contributed by atoms with van der Waals surface area (Å²) in [5, 5.41) is 9.77. The van der Waals surface area contributed by atoms with Crippen molar-refractivity contribution in [2.45, 2.75) is 12.8 Å². The third kappa shape index (κ3) is 1.89. The summed E-state index contributed by atoms with van der Waals surface area (Å²) in [4.78, 5) is 4.93. The summed E-state index contributed by atoms with van der Waals surface area (Å²) >= 11 is 1.32. The summed E-state index contributed by atoms with van der Waals surface area (Å²) in [5.41, 5.74) is 14.1.